The molecule has 2 aliphatic heterocycles. The lowest BCUT2D eigenvalue weighted by atomic mass is 10.1. The monoisotopic (exact) mass is 293 g/mol. The Morgan fingerprint density at radius 3 is 2.78 bits per heavy atom. The van der Waals surface area contributed by atoms with Gasteiger partial charge < -0.3 is 5.32 Å². The summed E-state index contributed by atoms with van der Waals surface area (Å²) in [4.78, 5) is 6.79. The van der Waals surface area contributed by atoms with Crippen molar-refractivity contribution in [2.75, 3.05) is 13.1 Å². The minimum Gasteiger partial charge on any atom is -0.310 e. The summed E-state index contributed by atoms with van der Waals surface area (Å²) in [6.07, 6.45) is 5.61. The molecule has 2 aliphatic rings. The van der Waals surface area contributed by atoms with E-state index >= 15 is 0 Å². The second-order valence-corrected chi connectivity index (χ2v) is 4.96. The second-order valence-electron chi connectivity index (χ2n) is 4.96. The summed E-state index contributed by atoms with van der Waals surface area (Å²) in [5.74, 6) is 1.07. The fourth-order valence-electron chi connectivity index (χ4n) is 2.82. The van der Waals surface area contributed by atoms with Crippen LogP contribution in [0.1, 0.15) is 25.1 Å². The zero-order valence-corrected chi connectivity index (χ0v) is 12.2. The van der Waals surface area contributed by atoms with Crippen LogP contribution < -0.4 is 5.32 Å². The zero-order valence-electron chi connectivity index (χ0n) is 10.6. The van der Waals surface area contributed by atoms with Gasteiger partial charge in [-0.1, -0.05) is 0 Å². The Morgan fingerprint density at radius 2 is 2.06 bits per heavy atom. The van der Waals surface area contributed by atoms with Crippen molar-refractivity contribution in [3.8, 4) is 0 Å². The molecule has 1 aromatic rings. The normalized spacial score (nSPS) is 27.2. The molecule has 0 saturated carbocycles. The van der Waals surface area contributed by atoms with Crippen LogP contribution in [0.25, 0.3) is 0 Å². The molecule has 0 amide bonds. The molecule has 2 atom stereocenters. The molecule has 2 unspecified atom stereocenters. The summed E-state index contributed by atoms with van der Waals surface area (Å²) < 4.78 is 1.87. The molecule has 2 fully saturated rings. The molecule has 2 bridgehead atoms. The van der Waals surface area contributed by atoms with Crippen LogP contribution in [0.2, 0.25) is 0 Å². The van der Waals surface area contributed by atoms with E-state index in [1.165, 1.54) is 25.8 Å². The number of halogens is 2. The number of aryl methyl sites for hydroxylation is 1. The first-order valence-corrected chi connectivity index (χ1v) is 6.12. The van der Waals surface area contributed by atoms with Gasteiger partial charge in [0, 0.05) is 32.2 Å². The Balaban J connectivity index is 0.000000810. The van der Waals surface area contributed by atoms with Gasteiger partial charge in [-0.05, 0) is 19.3 Å². The molecule has 7 heteroatoms. The lowest BCUT2D eigenvalue weighted by Crippen LogP contribution is -2.35. The van der Waals surface area contributed by atoms with E-state index in [0.29, 0.717) is 6.04 Å². The van der Waals surface area contributed by atoms with Crippen molar-refractivity contribution >= 4 is 24.8 Å². The second kappa shape index (κ2) is 6.70. The van der Waals surface area contributed by atoms with Crippen molar-refractivity contribution in [1.29, 1.82) is 0 Å². The van der Waals surface area contributed by atoms with Crippen molar-refractivity contribution < 1.29 is 0 Å². The van der Waals surface area contributed by atoms with E-state index < -0.39 is 0 Å². The van der Waals surface area contributed by atoms with Gasteiger partial charge in [-0.25, -0.2) is 4.98 Å². The van der Waals surface area contributed by atoms with Crippen LogP contribution in [-0.4, -0.2) is 44.8 Å². The third-order valence-electron chi connectivity index (χ3n) is 3.78. The topological polar surface area (TPSA) is 46.0 Å². The van der Waals surface area contributed by atoms with Crippen LogP contribution in [0.5, 0.6) is 0 Å². The number of fused-ring (bicyclic) bond motifs is 2. The highest BCUT2D eigenvalue weighted by molar-refractivity contribution is 5.85. The van der Waals surface area contributed by atoms with Crippen molar-refractivity contribution in [3.05, 3.63) is 12.2 Å². The van der Waals surface area contributed by atoms with E-state index in [4.69, 9.17) is 0 Å². The van der Waals surface area contributed by atoms with Gasteiger partial charge in [-0.3, -0.25) is 9.58 Å². The average Bonchev–Trinajstić information content (AvgIpc) is 2.78. The molecule has 0 aliphatic carbocycles. The molecule has 104 valence electrons. The van der Waals surface area contributed by atoms with Gasteiger partial charge >= 0.3 is 0 Å². The van der Waals surface area contributed by atoms with Gasteiger partial charge in [-0.2, -0.15) is 5.10 Å². The molecule has 0 spiro atoms. The summed E-state index contributed by atoms with van der Waals surface area (Å²) in [5.41, 5.74) is 0. The van der Waals surface area contributed by atoms with Gasteiger partial charge in [-0.15, -0.1) is 24.8 Å². The third kappa shape index (κ3) is 3.35. The largest absolute Gasteiger partial charge is 0.310 e. The predicted octanol–water partition coefficient (Wildman–Crippen LogP) is 0.985. The molecule has 0 aromatic carbocycles. The fourth-order valence-corrected chi connectivity index (χ4v) is 2.82. The van der Waals surface area contributed by atoms with Crippen LogP contribution in [0.3, 0.4) is 0 Å². The maximum atomic E-state index is 4.29. The highest BCUT2D eigenvalue weighted by atomic mass is 35.5. The number of rotatable bonds is 2. The molecular formula is C11H21Cl2N5. The first-order chi connectivity index (χ1) is 7.81. The van der Waals surface area contributed by atoms with Gasteiger partial charge in [0.1, 0.15) is 12.2 Å². The molecule has 1 N–H and O–H groups in total. The molecule has 0 radical (unpaired) electrons. The quantitative estimate of drug-likeness (QED) is 0.883. The van der Waals surface area contributed by atoms with Crippen LogP contribution in [0.15, 0.2) is 6.33 Å². The highest BCUT2D eigenvalue weighted by Gasteiger charge is 2.29. The third-order valence-corrected chi connectivity index (χ3v) is 3.78. The highest BCUT2D eigenvalue weighted by Crippen LogP contribution is 2.20. The average molecular weight is 294 g/mol. The maximum absolute atomic E-state index is 4.29. The number of hydrogen-bond donors (Lipinski definition) is 1. The van der Waals surface area contributed by atoms with Crippen LogP contribution in [-0.2, 0) is 13.6 Å². The number of likely N-dealkylation sites (tertiary alicyclic amines) is 1. The van der Waals surface area contributed by atoms with E-state index in [9.17, 15) is 0 Å². The SMILES string of the molecule is Cl.Cl.Cn1ncnc1CN1CCC2CCC(C1)N2. The molecule has 2 saturated heterocycles. The van der Waals surface area contributed by atoms with E-state index in [-0.39, 0.29) is 24.8 Å². The molecule has 3 heterocycles. The van der Waals surface area contributed by atoms with Gasteiger partial charge in [0.2, 0.25) is 0 Å². The first-order valence-electron chi connectivity index (χ1n) is 6.12. The summed E-state index contributed by atoms with van der Waals surface area (Å²) in [7, 11) is 1.96. The Labute approximate surface area is 120 Å². The summed E-state index contributed by atoms with van der Waals surface area (Å²) >= 11 is 0. The van der Waals surface area contributed by atoms with Crippen molar-refractivity contribution in [3.63, 3.8) is 0 Å². The number of hydrogen-bond acceptors (Lipinski definition) is 4. The number of aromatic nitrogens is 3. The minimum absolute atomic E-state index is 0. The zero-order chi connectivity index (χ0) is 11.0. The van der Waals surface area contributed by atoms with Crippen molar-refractivity contribution in [2.45, 2.75) is 37.9 Å². The lowest BCUT2D eigenvalue weighted by Gasteiger charge is -2.23. The van der Waals surface area contributed by atoms with Crippen LogP contribution in [0.4, 0.5) is 0 Å². The summed E-state index contributed by atoms with van der Waals surface area (Å²) in [6.45, 7) is 3.27. The van der Waals surface area contributed by atoms with E-state index in [0.717, 1.165) is 25.0 Å². The molecule has 1 aromatic heterocycles. The maximum Gasteiger partial charge on any atom is 0.140 e. The van der Waals surface area contributed by atoms with E-state index in [1.54, 1.807) is 6.33 Å². The molecule has 5 nitrogen and oxygen atoms in total. The van der Waals surface area contributed by atoms with Crippen LogP contribution in [0, 0.1) is 0 Å². The predicted molar refractivity (Wildman–Crippen MR) is 75.3 cm³/mol. The van der Waals surface area contributed by atoms with Crippen molar-refractivity contribution in [2.24, 2.45) is 7.05 Å². The van der Waals surface area contributed by atoms with Gasteiger partial charge in [0.15, 0.2) is 0 Å². The Kier molecular flexibility index (Phi) is 5.85. The number of nitrogens with zero attached hydrogens (tertiary/aromatic N) is 4. The van der Waals surface area contributed by atoms with Crippen LogP contribution >= 0.6 is 24.8 Å². The number of nitrogens with one attached hydrogen (secondary N) is 1. The Hall–Kier alpha value is -0.360. The standard InChI is InChI=1S/C11H19N5.2ClH/c1-15-11(12-8-13-15)7-16-5-4-9-2-3-10(6-16)14-9;;/h8-10,14H,2-7H2,1H3;2*1H. The van der Waals surface area contributed by atoms with E-state index in [2.05, 4.69) is 20.3 Å². The van der Waals surface area contributed by atoms with E-state index in [1.807, 2.05) is 11.7 Å². The molecule has 3 rings (SSSR count). The Morgan fingerprint density at radius 1 is 1.28 bits per heavy atom. The summed E-state index contributed by atoms with van der Waals surface area (Å²) in [5, 5.41) is 7.81. The summed E-state index contributed by atoms with van der Waals surface area (Å²) in [6, 6.07) is 1.45. The van der Waals surface area contributed by atoms with Crippen molar-refractivity contribution in [1.82, 2.24) is 25.0 Å². The molecular weight excluding hydrogens is 273 g/mol. The fraction of sp³-hybridized carbons (Fsp3) is 0.818. The minimum atomic E-state index is 0. The lowest BCUT2D eigenvalue weighted by molar-refractivity contribution is 0.242. The Bertz CT molecular complexity index is 370. The van der Waals surface area contributed by atoms with Gasteiger partial charge in [0.05, 0.1) is 6.54 Å². The first kappa shape index (κ1) is 15.7. The molecule has 18 heavy (non-hydrogen) atoms. The smallest absolute Gasteiger partial charge is 0.140 e. The van der Waals surface area contributed by atoms with Gasteiger partial charge in [0.25, 0.3) is 0 Å².